The molecule has 126 valence electrons. The van der Waals surface area contributed by atoms with Crippen LogP contribution in [0.5, 0.6) is 0 Å². The number of ether oxygens (including phenoxy) is 1. The molecule has 0 saturated heterocycles. The molecular weight excluding hydrogens is 312 g/mol. The molecule has 3 amide bonds. The van der Waals surface area contributed by atoms with Crippen molar-refractivity contribution in [3.8, 4) is 0 Å². The summed E-state index contributed by atoms with van der Waals surface area (Å²) in [6.45, 7) is 2.09. The fourth-order valence-electron chi connectivity index (χ4n) is 1.91. The van der Waals surface area contributed by atoms with Gasteiger partial charge in [0.25, 0.3) is 5.91 Å². The Morgan fingerprint density at radius 3 is 2.67 bits per heavy atom. The number of hydrogen-bond donors (Lipinski definition) is 2. The average Bonchev–Trinajstić information content (AvgIpc) is 3.02. The molecule has 2 rings (SSSR count). The summed E-state index contributed by atoms with van der Waals surface area (Å²) in [6.07, 6.45) is 2.91. The Hall–Kier alpha value is -3.16. The zero-order valence-electron chi connectivity index (χ0n) is 13.2. The van der Waals surface area contributed by atoms with Crippen LogP contribution in [0.2, 0.25) is 0 Å². The number of nitrogens with one attached hydrogen (secondary N) is 2. The van der Waals surface area contributed by atoms with Crippen LogP contribution in [0.1, 0.15) is 22.8 Å². The number of amides is 3. The van der Waals surface area contributed by atoms with Crippen molar-refractivity contribution in [3.63, 3.8) is 0 Å². The summed E-state index contributed by atoms with van der Waals surface area (Å²) in [5.74, 6) is -1.38. The minimum atomic E-state index is -0.703. The molecule has 0 spiro atoms. The summed E-state index contributed by atoms with van der Waals surface area (Å²) < 4.78 is 6.45. The predicted molar refractivity (Wildman–Crippen MR) is 85.3 cm³/mol. The lowest BCUT2D eigenvalue weighted by Crippen LogP contribution is -2.41. The molecule has 0 radical (unpaired) electrons. The molecule has 24 heavy (non-hydrogen) atoms. The molecule has 0 aliphatic rings. The van der Waals surface area contributed by atoms with Gasteiger partial charge in [0.05, 0.1) is 18.3 Å². The first-order chi connectivity index (χ1) is 11.6. The molecule has 1 aromatic carbocycles. The molecule has 2 N–H and O–H groups in total. The van der Waals surface area contributed by atoms with E-state index in [9.17, 15) is 14.4 Å². The lowest BCUT2D eigenvalue weighted by atomic mass is 10.2. The van der Waals surface area contributed by atoms with Crippen molar-refractivity contribution in [3.05, 3.63) is 53.9 Å². The Morgan fingerprint density at radius 2 is 1.96 bits per heavy atom. The summed E-state index contributed by atoms with van der Waals surface area (Å²) in [7, 11) is 0. The van der Waals surface area contributed by atoms with E-state index in [0.29, 0.717) is 13.1 Å². The van der Waals surface area contributed by atoms with Gasteiger partial charge >= 0.3 is 12.0 Å². The van der Waals surface area contributed by atoms with E-state index in [1.807, 2.05) is 35.6 Å². The van der Waals surface area contributed by atoms with Gasteiger partial charge in [-0.25, -0.2) is 9.59 Å². The van der Waals surface area contributed by atoms with Crippen LogP contribution in [0.4, 0.5) is 4.79 Å². The Bertz CT molecular complexity index is 712. The van der Waals surface area contributed by atoms with Gasteiger partial charge in [-0.05, 0) is 12.5 Å². The summed E-state index contributed by atoms with van der Waals surface area (Å²) in [4.78, 5) is 34.5. The average molecular weight is 330 g/mol. The molecule has 0 aliphatic carbocycles. The van der Waals surface area contributed by atoms with Crippen LogP contribution in [0.3, 0.4) is 0 Å². The van der Waals surface area contributed by atoms with Gasteiger partial charge in [0, 0.05) is 12.7 Å². The standard InChI is InChI=1S/C16H18N4O4/c1-2-17-16(23)19-14(21)11-24-15(22)13-8-18-20(10-13)9-12-6-4-3-5-7-12/h3-8,10H,2,9,11H2,1H3,(H2,17,19,21,23). The Labute approximate surface area is 138 Å². The zero-order valence-corrected chi connectivity index (χ0v) is 13.2. The van der Waals surface area contributed by atoms with E-state index in [2.05, 4.69) is 10.4 Å². The van der Waals surface area contributed by atoms with Gasteiger partial charge in [0.15, 0.2) is 6.61 Å². The highest BCUT2D eigenvalue weighted by Gasteiger charge is 2.14. The predicted octanol–water partition coefficient (Wildman–Crippen LogP) is 0.934. The summed E-state index contributed by atoms with van der Waals surface area (Å²) in [5.41, 5.74) is 1.28. The second-order valence-electron chi connectivity index (χ2n) is 4.90. The number of nitrogens with zero attached hydrogens (tertiary/aromatic N) is 2. The van der Waals surface area contributed by atoms with Crippen LogP contribution in [0, 0.1) is 0 Å². The molecule has 0 bridgehead atoms. The maximum atomic E-state index is 11.9. The number of benzene rings is 1. The third-order valence-corrected chi connectivity index (χ3v) is 2.98. The Morgan fingerprint density at radius 1 is 1.21 bits per heavy atom. The van der Waals surface area contributed by atoms with Crippen molar-refractivity contribution >= 4 is 17.9 Å². The van der Waals surface area contributed by atoms with Crippen molar-refractivity contribution in [1.29, 1.82) is 0 Å². The van der Waals surface area contributed by atoms with E-state index >= 15 is 0 Å². The maximum Gasteiger partial charge on any atom is 0.341 e. The normalized spacial score (nSPS) is 10.0. The van der Waals surface area contributed by atoms with Gasteiger partial charge in [-0.15, -0.1) is 0 Å². The molecule has 1 heterocycles. The highest BCUT2D eigenvalue weighted by molar-refractivity contribution is 5.96. The number of urea groups is 1. The largest absolute Gasteiger partial charge is 0.452 e. The van der Waals surface area contributed by atoms with Crippen LogP contribution >= 0.6 is 0 Å². The Balaban J connectivity index is 1.83. The van der Waals surface area contributed by atoms with Gasteiger partial charge in [-0.2, -0.15) is 5.10 Å². The number of imide groups is 1. The van der Waals surface area contributed by atoms with E-state index in [-0.39, 0.29) is 5.56 Å². The van der Waals surface area contributed by atoms with Crippen LogP contribution in [-0.2, 0) is 16.1 Å². The van der Waals surface area contributed by atoms with Crippen molar-refractivity contribution < 1.29 is 19.1 Å². The minimum absolute atomic E-state index is 0.233. The first-order valence-electron chi connectivity index (χ1n) is 7.39. The monoisotopic (exact) mass is 330 g/mol. The number of aromatic nitrogens is 2. The zero-order chi connectivity index (χ0) is 17.4. The van der Waals surface area contributed by atoms with E-state index in [1.165, 1.54) is 12.4 Å². The van der Waals surface area contributed by atoms with Crippen LogP contribution in [-0.4, -0.2) is 40.8 Å². The van der Waals surface area contributed by atoms with Gasteiger partial charge in [-0.1, -0.05) is 30.3 Å². The third-order valence-electron chi connectivity index (χ3n) is 2.98. The fourth-order valence-corrected chi connectivity index (χ4v) is 1.91. The lowest BCUT2D eigenvalue weighted by molar-refractivity contribution is -0.123. The number of rotatable bonds is 6. The van der Waals surface area contributed by atoms with Gasteiger partial charge in [0.1, 0.15) is 0 Å². The molecule has 0 fully saturated rings. The quantitative estimate of drug-likeness (QED) is 0.767. The fraction of sp³-hybridized carbons (Fsp3) is 0.250. The molecule has 0 atom stereocenters. The van der Waals surface area contributed by atoms with Crippen molar-refractivity contribution in [2.45, 2.75) is 13.5 Å². The van der Waals surface area contributed by atoms with Crippen molar-refractivity contribution in [1.82, 2.24) is 20.4 Å². The highest BCUT2D eigenvalue weighted by Crippen LogP contribution is 2.05. The number of hydrogen-bond acceptors (Lipinski definition) is 5. The minimum Gasteiger partial charge on any atom is -0.452 e. The van der Waals surface area contributed by atoms with Gasteiger partial charge in [-0.3, -0.25) is 14.8 Å². The van der Waals surface area contributed by atoms with Gasteiger partial charge in [0.2, 0.25) is 0 Å². The summed E-state index contributed by atoms with van der Waals surface area (Å²) >= 11 is 0. The molecular formula is C16H18N4O4. The first-order valence-corrected chi connectivity index (χ1v) is 7.39. The second-order valence-corrected chi connectivity index (χ2v) is 4.90. The van der Waals surface area contributed by atoms with Crippen LogP contribution in [0.25, 0.3) is 0 Å². The number of esters is 1. The summed E-state index contributed by atoms with van der Waals surface area (Å²) in [5, 5.41) is 8.52. The molecule has 0 unspecified atom stereocenters. The van der Waals surface area contributed by atoms with Crippen molar-refractivity contribution in [2.24, 2.45) is 0 Å². The van der Waals surface area contributed by atoms with Crippen molar-refractivity contribution in [2.75, 3.05) is 13.2 Å². The van der Waals surface area contributed by atoms with E-state index in [1.54, 1.807) is 11.6 Å². The maximum absolute atomic E-state index is 11.9. The van der Waals surface area contributed by atoms with Gasteiger partial charge < -0.3 is 10.1 Å². The summed E-state index contributed by atoms with van der Waals surface area (Å²) in [6, 6.07) is 9.02. The SMILES string of the molecule is CCNC(=O)NC(=O)COC(=O)c1cnn(Cc2ccccc2)c1. The van der Waals surface area contributed by atoms with E-state index in [0.717, 1.165) is 5.56 Å². The van der Waals surface area contributed by atoms with Crippen LogP contribution < -0.4 is 10.6 Å². The topological polar surface area (TPSA) is 102 Å². The smallest absolute Gasteiger partial charge is 0.341 e. The number of carbonyl (C=O) groups is 3. The Kier molecular flexibility index (Phi) is 6.07. The van der Waals surface area contributed by atoms with Crippen LogP contribution in [0.15, 0.2) is 42.7 Å². The second kappa shape index (κ2) is 8.47. The van der Waals surface area contributed by atoms with E-state index < -0.39 is 24.5 Å². The first kappa shape index (κ1) is 17.2. The molecule has 0 aliphatic heterocycles. The van der Waals surface area contributed by atoms with E-state index in [4.69, 9.17) is 4.74 Å². The molecule has 0 saturated carbocycles. The third kappa shape index (κ3) is 5.24. The molecule has 8 nitrogen and oxygen atoms in total. The molecule has 8 heteroatoms. The number of carbonyl (C=O) groups excluding carboxylic acids is 3. The molecule has 1 aromatic heterocycles. The highest BCUT2D eigenvalue weighted by atomic mass is 16.5. The molecule has 2 aromatic rings. The lowest BCUT2D eigenvalue weighted by Gasteiger charge is -2.05.